The minimum absolute atomic E-state index is 0.134. The quantitative estimate of drug-likeness (QED) is 0.854. The van der Waals surface area contributed by atoms with Crippen molar-refractivity contribution >= 4 is 23.3 Å². The number of carbonyl (C=O) groups excluding carboxylic acids is 1. The van der Waals surface area contributed by atoms with Crippen molar-refractivity contribution in [2.24, 2.45) is 0 Å². The molecule has 0 aliphatic rings. The number of aromatic nitrogens is 1. The molecule has 0 bridgehead atoms. The number of hydrogen-bond donors (Lipinski definition) is 0. The van der Waals surface area contributed by atoms with Crippen LogP contribution in [0.25, 0.3) is 0 Å². The molecular weight excluding hydrogens is 281 g/mol. The molecule has 0 aliphatic carbocycles. The van der Waals surface area contributed by atoms with Crippen LogP contribution in [0.4, 0.5) is 10.2 Å². The summed E-state index contributed by atoms with van der Waals surface area (Å²) in [5.41, 5.74) is 0.0559. The second-order valence-electron chi connectivity index (χ2n) is 3.95. The van der Waals surface area contributed by atoms with Crippen LogP contribution >= 0.6 is 11.6 Å². The minimum atomic E-state index is -0.791. The van der Waals surface area contributed by atoms with Gasteiger partial charge in [0.1, 0.15) is 6.07 Å². The van der Waals surface area contributed by atoms with E-state index in [1.807, 2.05) is 6.07 Å². The van der Waals surface area contributed by atoms with E-state index in [9.17, 15) is 9.18 Å². The van der Waals surface area contributed by atoms with Crippen LogP contribution in [0.5, 0.6) is 0 Å². The fourth-order valence-electron chi connectivity index (χ4n) is 1.70. The first-order chi connectivity index (χ1) is 9.56. The van der Waals surface area contributed by atoms with Gasteiger partial charge in [0.25, 0.3) is 5.91 Å². The van der Waals surface area contributed by atoms with Crippen molar-refractivity contribution in [2.45, 2.75) is 0 Å². The van der Waals surface area contributed by atoms with Crippen molar-refractivity contribution in [1.29, 1.82) is 5.26 Å². The highest BCUT2D eigenvalue weighted by atomic mass is 35.5. The van der Waals surface area contributed by atoms with E-state index in [2.05, 4.69) is 4.98 Å². The number of nitrogens with zero attached hydrogens (tertiary/aromatic N) is 3. The Morgan fingerprint density at radius 1 is 1.40 bits per heavy atom. The standard InChI is InChI=1S/C14H9ClFN3O/c1-19(13-9(8-17)4-3-7-18-13)14(20)10-5-2-6-11(15)12(10)16/h2-7H,1H3. The molecule has 0 unspecified atom stereocenters. The Hall–Kier alpha value is -2.45. The van der Waals surface area contributed by atoms with Crippen LogP contribution in [0.2, 0.25) is 5.02 Å². The lowest BCUT2D eigenvalue weighted by atomic mass is 10.1. The van der Waals surface area contributed by atoms with Crippen LogP contribution in [-0.2, 0) is 0 Å². The Kier molecular flexibility index (Phi) is 3.97. The fraction of sp³-hybridized carbons (Fsp3) is 0.0714. The number of carbonyl (C=O) groups is 1. The topological polar surface area (TPSA) is 57.0 Å². The van der Waals surface area contributed by atoms with Crippen molar-refractivity contribution < 1.29 is 9.18 Å². The summed E-state index contributed by atoms with van der Waals surface area (Å²) in [6.45, 7) is 0. The van der Waals surface area contributed by atoms with E-state index < -0.39 is 11.7 Å². The average molecular weight is 290 g/mol. The molecule has 4 nitrogen and oxygen atoms in total. The Balaban J connectivity index is 2.44. The summed E-state index contributed by atoms with van der Waals surface area (Å²) in [5, 5.41) is 8.86. The van der Waals surface area contributed by atoms with Gasteiger partial charge in [-0.05, 0) is 24.3 Å². The van der Waals surface area contributed by atoms with Gasteiger partial charge in [0.05, 0.1) is 16.1 Å². The van der Waals surface area contributed by atoms with Gasteiger partial charge in [0.15, 0.2) is 11.6 Å². The largest absolute Gasteiger partial charge is 0.295 e. The van der Waals surface area contributed by atoms with E-state index in [0.29, 0.717) is 0 Å². The molecule has 0 saturated heterocycles. The maximum Gasteiger partial charge on any atom is 0.262 e. The number of nitriles is 1. The number of halogens is 2. The first kappa shape index (κ1) is 14.0. The summed E-state index contributed by atoms with van der Waals surface area (Å²) in [6, 6.07) is 9.21. The Bertz CT molecular complexity index is 712. The smallest absolute Gasteiger partial charge is 0.262 e. The fourth-order valence-corrected chi connectivity index (χ4v) is 1.87. The van der Waals surface area contributed by atoms with E-state index in [4.69, 9.17) is 16.9 Å². The summed E-state index contributed by atoms with van der Waals surface area (Å²) < 4.78 is 13.8. The zero-order valence-corrected chi connectivity index (χ0v) is 11.2. The van der Waals surface area contributed by atoms with Gasteiger partial charge in [-0.1, -0.05) is 17.7 Å². The van der Waals surface area contributed by atoms with Crippen molar-refractivity contribution in [3.05, 3.63) is 58.5 Å². The molecule has 0 N–H and O–H groups in total. The molecule has 1 aromatic carbocycles. The zero-order valence-electron chi connectivity index (χ0n) is 10.5. The molecule has 0 atom stereocenters. The van der Waals surface area contributed by atoms with E-state index in [0.717, 1.165) is 4.90 Å². The van der Waals surface area contributed by atoms with Crippen molar-refractivity contribution in [2.75, 3.05) is 11.9 Å². The zero-order chi connectivity index (χ0) is 14.7. The lowest BCUT2D eigenvalue weighted by Crippen LogP contribution is -2.28. The van der Waals surface area contributed by atoms with Gasteiger partial charge in [0.2, 0.25) is 0 Å². The van der Waals surface area contributed by atoms with Gasteiger partial charge in [-0.15, -0.1) is 0 Å². The molecule has 1 aromatic heterocycles. The number of hydrogen-bond acceptors (Lipinski definition) is 3. The lowest BCUT2D eigenvalue weighted by Gasteiger charge is -2.17. The summed E-state index contributed by atoms with van der Waals surface area (Å²) in [4.78, 5) is 17.4. The lowest BCUT2D eigenvalue weighted by molar-refractivity contribution is 0.0988. The van der Waals surface area contributed by atoms with Gasteiger partial charge in [-0.2, -0.15) is 5.26 Å². The Morgan fingerprint density at radius 3 is 2.85 bits per heavy atom. The first-order valence-electron chi connectivity index (χ1n) is 5.63. The van der Waals surface area contributed by atoms with Gasteiger partial charge >= 0.3 is 0 Å². The third-order valence-corrected chi connectivity index (χ3v) is 3.00. The predicted molar refractivity (Wildman–Crippen MR) is 73.1 cm³/mol. The van der Waals surface area contributed by atoms with Crippen LogP contribution < -0.4 is 4.90 Å². The average Bonchev–Trinajstić information content (AvgIpc) is 2.48. The molecule has 0 fully saturated rings. The normalized spacial score (nSPS) is 9.90. The van der Waals surface area contributed by atoms with Gasteiger partial charge in [0, 0.05) is 13.2 Å². The summed E-state index contributed by atoms with van der Waals surface area (Å²) in [7, 11) is 1.42. The molecular formula is C14H9ClFN3O. The van der Waals surface area contributed by atoms with Crippen LogP contribution in [0, 0.1) is 17.1 Å². The predicted octanol–water partition coefficient (Wildman–Crippen LogP) is 3.02. The Labute approximate surface area is 120 Å². The molecule has 0 radical (unpaired) electrons. The van der Waals surface area contributed by atoms with Gasteiger partial charge in [-0.25, -0.2) is 9.37 Å². The molecule has 100 valence electrons. The summed E-state index contributed by atoms with van der Waals surface area (Å²) in [6.07, 6.45) is 1.45. The summed E-state index contributed by atoms with van der Waals surface area (Å²) >= 11 is 5.65. The monoisotopic (exact) mass is 289 g/mol. The third kappa shape index (κ3) is 2.46. The van der Waals surface area contributed by atoms with Crippen molar-refractivity contribution in [3.63, 3.8) is 0 Å². The second-order valence-corrected chi connectivity index (χ2v) is 4.36. The number of rotatable bonds is 2. The van der Waals surface area contributed by atoms with Crippen molar-refractivity contribution in [1.82, 2.24) is 4.98 Å². The SMILES string of the molecule is CN(C(=O)c1cccc(Cl)c1F)c1ncccc1C#N. The first-order valence-corrected chi connectivity index (χ1v) is 6.01. The highest BCUT2D eigenvalue weighted by Crippen LogP contribution is 2.22. The van der Waals surface area contributed by atoms with Crippen LogP contribution in [0.1, 0.15) is 15.9 Å². The molecule has 0 aliphatic heterocycles. The molecule has 0 spiro atoms. The Morgan fingerprint density at radius 2 is 2.15 bits per heavy atom. The molecule has 20 heavy (non-hydrogen) atoms. The molecule has 2 aromatic rings. The van der Waals surface area contributed by atoms with E-state index in [-0.39, 0.29) is 22.0 Å². The van der Waals surface area contributed by atoms with E-state index >= 15 is 0 Å². The molecule has 6 heteroatoms. The highest BCUT2D eigenvalue weighted by Gasteiger charge is 2.21. The van der Waals surface area contributed by atoms with E-state index in [1.54, 1.807) is 6.07 Å². The highest BCUT2D eigenvalue weighted by molar-refractivity contribution is 6.31. The summed E-state index contributed by atoms with van der Waals surface area (Å²) in [5.74, 6) is -1.25. The number of amides is 1. The molecule has 0 saturated carbocycles. The number of benzene rings is 1. The van der Waals surface area contributed by atoms with Gasteiger partial charge < -0.3 is 0 Å². The van der Waals surface area contributed by atoms with Crippen LogP contribution in [-0.4, -0.2) is 17.9 Å². The van der Waals surface area contributed by atoms with Gasteiger partial charge in [-0.3, -0.25) is 9.69 Å². The third-order valence-electron chi connectivity index (χ3n) is 2.71. The maximum atomic E-state index is 13.8. The van der Waals surface area contributed by atoms with E-state index in [1.165, 1.54) is 37.5 Å². The minimum Gasteiger partial charge on any atom is -0.295 e. The molecule has 2 rings (SSSR count). The van der Waals surface area contributed by atoms with Crippen LogP contribution in [0.15, 0.2) is 36.5 Å². The maximum absolute atomic E-state index is 13.8. The number of anilines is 1. The van der Waals surface area contributed by atoms with Crippen LogP contribution in [0.3, 0.4) is 0 Å². The second kappa shape index (κ2) is 5.68. The molecule has 1 amide bonds. The van der Waals surface area contributed by atoms with Crippen molar-refractivity contribution in [3.8, 4) is 6.07 Å². The molecule has 1 heterocycles. The number of pyridine rings is 1.